The summed E-state index contributed by atoms with van der Waals surface area (Å²) in [7, 11) is 1.98. The van der Waals surface area contributed by atoms with E-state index in [-0.39, 0.29) is 5.82 Å². The Morgan fingerprint density at radius 3 is 2.28 bits per heavy atom. The molecule has 1 aliphatic heterocycles. The van der Waals surface area contributed by atoms with Crippen molar-refractivity contribution < 1.29 is 9.13 Å². The van der Waals surface area contributed by atoms with E-state index >= 15 is 0 Å². The average molecular weight is 251 g/mol. The van der Waals surface area contributed by atoms with Crippen molar-refractivity contribution in [2.24, 2.45) is 5.92 Å². The molecule has 0 aliphatic carbocycles. The largest absolute Gasteiger partial charge is 0.381 e. The van der Waals surface area contributed by atoms with E-state index in [0.29, 0.717) is 12.0 Å². The molecule has 2 rings (SSSR count). The summed E-state index contributed by atoms with van der Waals surface area (Å²) in [5.74, 6) is 0.494. The van der Waals surface area contributed by atoms with Crippen LogP contribution in [0.2, 0.25) is 0 Å². The zero-order valence-electron chi connectivity index (χ0n) is 11.4. The van der Waals surface area contributed by atoms with Gasteiger partial charge in [-0.15, -0.1) is 0 Å². The number of ether oxygens (including phenoxy) is 1. The number of halogens is 1. The van der Waals surface area contributed by atoms with Gasteiger partial charge in [-0.3, -0.25) is 0 Å². The summed E-state index contributed by atoms with van der Waals surface area (Å²) < 4.78 is 19.1. The first-order valence-corrected chi connectivity index (χ1v) is 6.65. The number of benzene rings is 1. The zero-order chi connectivity index (χ0) is 13.1. The number of rotatable bonds is 3. The number of nitrogens with one attached hydrogen (secondary N) is 1. The molecule has 1 fully saturated rings. The van der Waals surface area contributed by atoms with Gasteiger partial charge in [-0.1, -0.05) is 12.1 Å². The maximum Gasteiger partial charge on any atom is 0.129 e. The summed E-state index contributed by atoms with van der Waals surface area (Å²) in [6.45, 7) is 5.34. The minimum atomic E-state index is -0.0828. The second kappa shape index (κ2) is 5.81. The molecule has 0 radical (unpaired) electrons. The van der Waals surface area contributed by atoms with Gasteiger partial charge in [0.2, 0.25) is 0 Å². The van der Waals surface area contributed by atoms with Crippen molar-refractivity contribution in [2.75, 3.05) is 20.3 Å². The standard InChI is InChI=1S/C15H22FNO/c1-10-8-13(9-11(2)14(10)16)15(17-3)12-4-6-18-7-5-12/h8-9,12,15,17H,4-7H2,1-3H3. The predicted molar refractivity (Wildman–Crippen MR) is 71.2 cm³/mol. The fraction of sp³-hybridized carbons (Fsp3) is 0.600. The summed E-state index contributed by atoms with van der Waals surface area (Å²) >= 11 is 0. The molecule has 1 saturated heterocycles. The van der Waals surface area contributed by atoms with Crippen LogP contribution >= 0.6 is 0 Å². The summed E-state index contributed by atoms with van der Waals surface area (Å²) in [4.78, 5) is 0. The molecule has 0 spiro atoms. The highest BCUT2D eigenvalue weighted by Gasteiger charge is 2.24. The second-order valence-electron chi connectivity index (χ2n) is 5.18. The summed E-state index contributed by atoms with van der Waals surface area (Å²) in [5, 5.41) is 3.38. The minimum Gasteiger partial charge on any atom is -0.381 e. The molecule has 1 aromatic rings. The SMILES string of the molecule is CNC(c1cc(C)c(F)c(C)c1)C1CCOCC1. The predicted octanol–water partition coefficient (Wildman–Crippen LogP) is 3.13. The van der Waals surface area contributed by atoms with Gasteiger partial charge < -0.3 is 10.1 Å². The maximum atomic E-state index is 13.7. The van der Waals surface area contributed by atoms with Crippen molar-refractivity contribution in [1.29, 1.82) is 0 Å². The lowest BCUT2D eigenvalue weighted by atomic mass is 9.86. The van der Waals surface area contributed by atoms with Crippen LogP contribution in [0.3, 0.4) is 0 Å². The van der Waals surface area contributed by atoms with Gasteiger partial charge in [0, 0.05) is 19.3 Å². The van der Waals surface area contributed by atoms with Crippen LogP contribution in [0, 0.1) is 25.6 Å². The number of aryl methyl sites for hydroxylation is 2. The topological polar surface area (TPSA) is 21.3 Å². The normalized spacial score (nSPS) is 18.9. The average Bonchev–Trinajstić information content (AvgIpc) is 2.38. The van der Waals surface area contributed by atoms with E-state index in [4.69, 9.17) is 4.74 Å². The molecular formula is C15H22FNO. The van der Waals surface area contributed by atoms with Crippen LogP contribution in [-0.4, -0.2) is 20.3 Å². The third-order valence-corrected chi connectivity index (χ3v) is 3.87. The van der Waals surface area contributed by atoms with Gasteiger partial charge in [-0.25, -0.2) is 4.39 Å². The molecule has 1 aromatic carbocycles. The van der Waals surface area contributed by atoms with E-state index in [9.17, 15) is 4.39 Å². The molecule has 1 N–H and O–H groups in total. The van der Waals surface area contributed by atoms with E-state index in [0.717, 1.165) is 37.2 Å². The maximum absolute atomic E-state index is 13.7. The lowest BCUT2D eigenvalue weighted by Crippen LogP contribution is -2.30. The molecule has 3 heteroatoms. The number of hydrogen-bond acceptors (Lipinski definition) is 2. The fourth-order valence-corrected chi connectivity index (χ4v) is 2.88. The Hall–Kier alpha value is -0.930. The first-order chi connectivity index (χ1) is 8.63. The van der Waals surface area contributed by atoms with Crippen molar-refractivity contribution in [3.8, 4) is 0 Å². The molecule has 0 aromatic heterocycles. The van der Waals surface area contributed by atoms with Gasteiger partial charge in [0.1, 0.15) is 5.82 Å². The molecule has 1 unspecified atom stereocenters. The Balaban J connectivity index is 2.26. The lowest BCUT2D eigenvalue weighted by Gasteiger charge is -2.31. The first kappa shape index (κ1) is 13.5. The van der Waals surface area contributed by atoms with Crippen molar-refractivity contribution in [1.82, 2.24) is 5.32 Å². The van der Waals surface area contributed by atoms with Gasteiger partial charge in [0.25, 0.3) is 0 Å². The van der Waals surface area contributed by atoms with Gasteiger partial charge in [-0.2, -0.15) is 0 Å². The van der Waals surface area contributed by atoms with Crippen LogP contribution in [0.15, 0.2) is 12.1 Å². The van der Waals surface area contributed by atoms with Gasteiger partial charge in [0.05, 0.1) is 0 Å². The highest BCUT2D eigenvalue weighted by atomic mass is 19.1. The molecular weight excluding hydrogens is 229 g/mol. The molecule has 1 atom stereocenters. The van der Waals surface area contributed by atoms with E-state index in [2.05, 4.69) is 5.32 Å². The lowest BCUT2D eigenvalue weighted by molar-refractivity contribution is 0.0546. The molecule has 2 nitrogen and oxygen atoms in total. The van der Waals surface area contributed by atoms with E-state index in [1.807, 2.05) is 33.0 Å². The van der Waals surface area contributed by atoms with Gasteiger partial charge >= 0.3 is 0 Å². The van der Waals surface area contributed by atoms with Crippen LogP contribution in [0.5, 0.6) is 0 Å². The minimum absolute atomic E-state index is 0.0828. The molecule has 1 aliphatic rings. The van der Waals surface area contributed by atoms with Crippen molar-refractivity contribution in [3.63, 3.8) is 0 Å². The quantitative estimate of drug-likeness (QED) is 0.891. The van der Waals surface area contributed by atoms with Gasteiger partial charge in [0.15, 0.2) is 0 Å². The second-order valence-corrected chi connectivity index (χ2v) is 5.18. The van der Waals surface area contributed by atoms with E-state index in [1.54, 1.807) is 0 Å². The monoisotopic (exact) mass is 251 g/mol. The van der Waals surface area contributed by atoms with Crippen molar-refractivity contribution in [2.45, 2.75) is 32.7 Å². The molecule has 0 amide bonds. The molecule has 0 saturated carbocycles. The Morgan fingerprint density at radius 1 is 1.22 bits per heavy atom. The molecule has 18 heavy (non-hydrogen) atoms. The molecule has 0 bridgehead atoms. The Kier molecular flexibility index (Phi) is 4.36. The van der Waals surface area contributed by atoms with Crippen LogP contribution in [0.25, 0.3) is 0 Å². The third kappa shape index (κ3) is 2.73. The molecule has 1 heterocycles. The first-order valence-electron chi connectivity index (χ1n) is 6.65. The van der Waals surface area contributed by atoms with Crippen LogP contribution in [0.1, 0.15) is 35.6 Å². The Morgan fingerprint density at radius 2 is 1.78 bits per heavy atom. The van der Waals surface area contributed by atoms with E-state index < -0.39 is 0 Å². The molecule has 100 valence electrons. The Bertz CT molecular complexity index is 390. The van der Waals surface area contributed by atoms with E-state index in [1.165, 1.54) is 5.56 Å². The summed E-state index contributed by atoms with van der Waals surface area (Å²) in [5.41, 5.74) is 2.66. The van der Waals surface area contributed by atoms with Crippen LogP contribution < -0.4 is 5.32 Å². The number of hydrogen-bond donors (Lipinski definition) is 1. The summed E-state index contributed by atoms with van der Waals surface area (Å²) in [6.07, 6.45) is 2.14. The summed E-state index contributed by atoms with van der Waals surface area (Å²) in [6, 6.07) is 4.24. The van der Waals surface area contributed by atoms with Crippen LogP contribution in [-0.2, 0) is 4.74 Å². The highest BCUT2D eigenvalue weighted by molar-refractivity contribution is 5.32. The van der Waals surface area contributed by atoms with Gasteiger partial charge in [-0.05, 0) is 56.3 Å². The highest BCUT2D eigenvalue weighted by Crippen LogP contribution is 2.31. The zero-order valence-corrected chi connectivity index (χ0v) is 11.4. The van der Waals surface area contributed by atoms with Crippen molar-refractivity contribution in [3.05, 3.63) is 34.6 Å². The fourth-order valence-electron chi connectivity index (χ4n) is 2.88. The smallest absolute Gasteiger partial charge is 0.129 e. The van der Waals surface area contributed by atoms with Crippen molar-refractivity contribution >= 4 is 0 Å². The third-order valence-electron chi connectivity index (χ3n) is 3.87. The van der Waals surface area contributed by atoms with Crippen LogP contribution in [0.4, 0.5) is 4.39 Å². The Labute approximate surface area is 109 Å².